The van der Waals surface area contributed by atoms with Crippen molar-refractivity contribution < 1.29 is 18.7 Å². The number of benzene rings is 2. The predicted octanol–water partition coefficient (Wildman–Crippen LogP) is 3.11. The van der Waals surface area contributed by atoms with Gasteiger partial charge in [-0.25, -0.2) is 4.39 Å². The molecule has 0 bridgehead atoms. The Morgan fingerprint density at radius 1 is 1.20 bits per heavy atom. The molecule has 0 atom stereocenters. The maximum Gasteiger partial charge on any atom is 0.238 e. The number of hydrogen-bond donors (Lipinski definition) is 1. The van der Waals surface area contributed by atoms with E-state index in [9.17, 15) is 14.0 Å². The molecule has 5 nitrogen and oxygen atoms in total. The van der Waals surface area contributed by atoms with Crippen molar-refractivity contribution in [3.63, 3.8) is 0 Å². The molecule has 25 heavy (non-hydrogen) atoms. The first kappa shape index (κ1) is 18.6. The first-order valence-electron chi connectivity index (χ1n) is 7.81. The van der Waals surface area contributed by atoms with E-state index in [1.165, 1.54) is 20.1 Å². The van der Waals surface area contributed by atoms with Gasteiger partial charge in [-0.1, -0.05) is 18.2 Å². The summed E-state index contributed by atoms with van der Waals surface area (Å²) in [4.78, 5) is 25.3. The van der Waals surface area contributed by atoms with Crippen LogP contribution in [0.15, 0.2) is 42.5 Å². The molecule has 0 aromatic heterocycles. The molecule has 2 aromatic carbocycles. The summed E-state index contributed by atoms with van der Waals surface area (Å²) in [6.07, 6.45) is 0. The van der Waals surface area contributed by atoms with Crippen LogP contribution in [0, 0.1) is 5.82 Å². The number of amides is 1. The minimum absolute atomic E-state index is 0.0604. The first-order chi connectivity index (χ1) is 11.9. The minimum Gasteiger partial charge on any atom is -0.494 e. The van der Waals surface area contributed by atoms with Crippen LogP contribution in [0.4, 0.5) is 10.1 Å². The number of ketones is 1. The van der Waals surface area contributed by atoms with Gasteiger partial charge in [0.05, 0.1) is 13.7 Å². The molecule has 2 aromatic rings. The van der Waals surface area contributed by atoms with Crippen molar-refractivity contribution in [2.45, 2.75) is 13.5 Å². The molecule has 0 spiro atoms. The average molecular weight is 344 g/mol. The Kier molecular flexibility index (Phi) is 6.25. The normalized spacial score (nSPS) is 10.6. The number of carbonyl (C=O) groups excluding carboxylic acids is 2. The zero-order valence-corrected chi connectivity index (χ0v) is 14.5. The highest BCUT2D eigenvalue weighted by Gasteiger charge is 2.10. The van der Waals surface area contributed by atoms with Crippen LogP contribution in [0.1, 0.15) is 22.8 Å². The van der Waals surface area contributed by atoms with E-state index in [1.807, 2.05) is 0 Å². The number of Topliss-reactive ketones (excluding diaryl/α,β-unsaturated/α-hetero) is 1. The number of carbonyl (C=O) groups is 2. The van der Waals surface area contributed by atoms with E-state index in [4.69, 9.17) is 4.74 Å². The highest BCUT2D eigenvalue weighted by atomic mass is 19.1. The standard InChI is InChI=1S/C19H21FN2O3/c1-13(23)15-5-4-6-16(10-15)21-19(24)12-22(2)11-14-7-8-18(25-3)17(20)9-14/h4-10H,11-12H2,1-3H3,(H,21,24). The van der Waals surface area contributed by atoms with Crippen molar-refractivity contribution in [1.82, 2.24) is 4.90 Å². The Bertz CT molecular complexity index is 777. The maximum atomic E-state index is 13.7. The molecule has 0 aliphatic carbocycles. The molecule has 132 valence electrons. The molecule has 2 rings (SSSR count). The number of hydrogen-bond acceptors (Lipinski definition) is 4. The van der Waals surface area contributed by atoms with Crippen LogP contribution in [-0.2, 0) is 11.3 Å². The topological polar surface area (TPSA) is 58.6 Å². The quantitative estimate of drug-likeness (QED) is 0.784. The number of rotatable bonds is 7. The summed E-state index contributed by atoms with van der Waals surface area (Å²) < 4.78 is 18.6. The largest absolute Gasteiger partial charge is 0.494 e. The fourth-order valence-corrected chi connectivity index (χ4v) is 2.44. The number of nitrogens with zero attached hydrogens (tertiary/aromatic N) is 1. The number of methoxy groups -OCH3 is 1. The van der Waals surface area contributed by atoms with E-state index in [-0.39, 0.29) is 24.0 Å². The van der Waals surface area contributed by atoms with Crippen molar-refractivity contribution in [3.05, 3.63) is 59.4 Å². The summed E-state index contributed by atoms with van der Waals surface area (Å²) in [6.45, 7) is 2.03. The molecule has 0 aliphatic rings. The van der Waals surface area contributed by atoms with Crippen molar-refractivity contribution in [2.75, 3.05) is 26.0 Å². The molecule has 0 radical (unpaired) electrons. The maximum absolute atomic E-state index is 13.7. The smallest absolute Gasteiger partial charge is 0.238 e. The second-order valence-corrected chi connectivity index (χ2v) is 5.83. The molecule has 1 N–H and O–H groups in total. The molecule has 0 saturated heterocycles. The second-order valence-electron chi connectivity index (χ2n) is 5.83. The zero-order valence-electron chi connectivity index (χ0n) is 14.5. The van der Waals surface area contributed by atoms with Crippen LogP contribution < -0.4 is 10.1 Å². The SMILES string of the molecule is COc1ccc(CN(C)CC(=O)Nc2cccc(C(C)=O)c2)cc1F. The third-order valence-electron chi connectivity index (χ3n) is 3.64. The van der Waals surface area contributed by atoms with Crippen LogP contribution in [-0.4, -0.2) is 37.3 Å². The fraction of sp³-hybridized carbons (Fsp3) is 0.263. The lowest BCUT2D eigenvalue weighted by atomic mass is 10.1. The lowest BCUT2D eigenvalue weighted by molar-refractivity contribution is -0.117. The Labute approximate surface area is 146 Å². The molecular formula is C19H21FN2O3. The van der Waals surface area contributed by atoms with Gasteiger partial charge in [-0.2, -0.15) is 0 Å². The van der Waals surface area contributed by atoms with E-state index in [2.05, 4.69) is 5.32 Å². The zero-order chi connectivity index (χ0) is 18.4. The van der Waals surface area contributed by atoms with Crippen molar-refractivity contribution >= 4 is 17.4 Å². The summed E-state index contributed by atoms with van der Waals surface area (Å²) in [6, 6.07) is 11.5. The van der Waals surface area contributed by atoms with Gasteiger partial charge < -0.3 is 10.1 Å². The van der Waals surface area contributed by atoms with E-state index in [1.54, 1.807) is 48.3 Å². The molecule has 0 unspecified atom stereocenters. The van der Waals surface area contributed by atoms with E-state index in [0.717, 1.165) is 5.56 Å². The first-order valence-corrected chi connectivity index (χ1v) is 7.81. The number of halogens is 1. The van der Waals surface area contributed by atoms with Crippen LogP contribution in [0.25, 0.3) is 0 Å². The highest BCUT2D eigenvalue weighted by molar-refractivity contribution is 5.97. The number of ether oxygens (including phenoxy) is 1. The fourth-order valence-electron chi connectivity index (χ4n) is 2.44. The summed E-state index contributed by atoms with van der Waals surface area (Å²) in [5.74, 6) is -0.514. The van der Waals surface area contributed by atoms with Crippen LogP contribution >= 0.6 is 0 Å². The van der Waals surface area contributed by atoms with Gasteiger partial charge in [0.2, 0.25) is 5.91 Å². The summed E-state index contributed by atoms with van der Waals surface area (Å²) in [7, 11) is 3.18. The van der Waals surface area contributed by atoms with Crippen molar-refractivity contribution in [2.24, 2.45) is 0 Å². The average Bonchev–Trinajstić information content (AvgIpc) is 2.55. The molecule has 0 aliphatic heterocycles. The predicted molar refractivity (Wildman–Crippen MR) is 94.4 cm³/mol. The Balaban J connectivity index is 1.92. The van der Waals surface area contributed by atoms with Gasteiger partial charge in [-0.15, -0.1) is 0 Å². The molecule has 0 fully saturated rings. The lowest BCUT2D eigenvalue weighted by Crippen LogP contribution is -2.29. The van der Waals surface area contributed by atoms with Gasteiger partial charge >= 0.3 is 0 Å². The van der Waals surface area contributed by atoms with Gasteiger partial charge in [-0.05, 0) is 43.8 Å². The third kappa shape index (κ3) is 5.39. The van der Waals surface area contributed by atoms with Gasteiger partial charge in [0.15, 0.2) is 17.3 Å². The minimum atomic E-state index is -0.432. The molecular weight excluding hydrogens is 323 g/mol. The molecule has 0 heterocycles. The Morgan fingerprint density at radius 3 is 2.60 bits per heavy atom. The van der Waals surface area contributed by atoms with Gasteiger partial charge in [0.1, 0.15) is 0 Å². The van der Waals surface area contributed by atoms with Gasteiger partial charge in [0, 0.05) is 17.8 Å². The lowest BCUT2D eigenvalue weighted by Gasteiger charge is -2.17. The highest BCUT2D eigenvalue weighted by Crippen LogP contribution is 2.18. The van der Waals surface area contributed by atoms with Crippen molar-refractivity contribution in [3.8, 4) is 5.75 Å². The number of anilines is 1. The molecule has 6 heteroatoms. The summed E-state index contributed by atoms with van der Waals surface area (Å²) in [5, 5.41) is 2.76. The Morgan fingerprint density at radius 2 is 1.96 bits per heavy atom. The van der Waals surface area contributed by atoms with Gasteiger partial charge in [0.25, 0.3) is 0 Å². The van der Waals surface area contributed by atoms with E-state index >= 15 is 0 Å². The molecule has 1 amide bonds. The second kappa shape index (κ2) is 8.39. The van der Waals surface area contributed by atoms with Crippen LogP contribution in [0.5, 0.6) is 5.75 Å². The summed E-state index contributed by atoms with van der Waals surface area (Å²) >= 11 is 0. The van der Waals surface area contributed by atoms with Gasteiger partial charge in [-0.3, -0.25) is 14.5 Å². The van der Waals surface area contributed by atoms with E-state index < -0.39 is 5.82 Å². The van der Waals surface area contributed by atoms with Crippen LogP contribution in [0.3, 0.4) is 0 Å². The van der Waals surface area contributed by atoms with Crippen molar-refractivity contribution in [1.29, 1.82) is 0 Å². The summed E-state index contributed by atoms with van der Waals surface area (Å²) in [5.41, 5.74) is 1.86. The van der Waals surface area contributed by atoms with Crippen LogP contribution in [0.2, 0.25) is 0 Å². The number of likely N-dealkylation sites (N-methyl/N-ethyl adjacent to an activating group) is 1. The third-order valence-corrected chi connectivity index (χ3v) is 3.64. The number of nitrogens with one attached hydrogen (secondary N) is 1. The monoisotopic (exact) mass is 344 g/mol. The Hall–Kier alpha value is -2.73. The molecule has 0 saturated carbocycles. The van der Waals surface area contributed by atoms with E-state index in [0.29, 0.717) is 17.8 Å².